The first kappa shape index (κ1) is 23.2. The quantitative estimate of drug-likeness (QED) is 0.211. The molecular formula is C23H33N3O5. The van der Waals surface area contributed by atoms with Gasteiger partial charge in [0, 0.05) is 25.0 Å². The first-order chi connectivity index (χ1) is 14.9. The van der Waals surface area contributed by atoms with Crippen molar-refractivity contribution in [3.05, 3.63) is 36.0 Å². The number of hydrogen-bond acceptors (Lipinski definition) is 5. The number of carbonyl (C=O) groups is 3. The Morgan fingerprint density at radius 1 is 1.39 bits per heavy atom. The minimum absolute atomic E-state index is 0.0420. The lowest BCUT2D eigenvalue weighted by atomic mass is 9.81. The second-order valence-corrected chi connectivity index (χ2v) is 8.57. The molecule has 2 amide bonds. The molecule has 5 atom stereocenters. The van der Waals surface area contributed by atoms with Crippen LogP contribution in [0.3, 0.4) is 0 Å². The fraction of sp³-hybridized carbons (Fsp3) is 0.609. The number of carboxylic acid groups (broad SMARTS) is 1. The van der Waals surface area contributed by atoms with Gasteiger partial charge in [-0.05, 0) is 18.4 Å². The van der Waals surface area contributed by atoms with Crippen LogP contribution < -0.4 is 16.4 Å². The Labute approximate surface area is 183 Å². The van der Waals surface area contributed by atoms with Crippen LogP contribution >= 0.6 is 0 Å². The minimum Gasteiger partial charge on any atom is -0.480 e. The number of nitrogens with one attached hydrogen (secondary N) is 2. The average molecular weight is 432 g/mol. The van der Waals surface area contributed by atoms with Crippen molar-refractivity contribution in [1.82, 2.24) is 10.6 Å². The van der Waals surface area contributed by atoms with Crippen LogP contribution in [0.5, 0.6) is 0 Å². The molecule has 0 aromatic heterocycles. The van der Waals surface area contributed by atoms with Crippen LogP contribution in [0.1, 0.15) is 51.9 Å². The van der Waals surface area contributed by atoms with Gasteiger partial charge >= 0.3 is 5.97 Å². The van der Waals surface area contributed by atoms with Gasteiger partial charge in [-0.15, -0.1) is 0 Å². The molecule has 170 valence electrons. The number of primary amides is 1. The predicted octanol–water partition coefficient (Wildman–Crippen LogP) is 1.57. The van der Waals surface area contributed by atoms with E-state index in [0.717, 1.165) is 18.5 Å². The number of carbonyl (C=O) groups excluding carboxylic acids is 2. The maximum atomic E-state index is 12.1. The Hall–Kier alpha value is -2.45. The zero-order chi connectivity index (χ0) is 22.4. The van der Waals surface area contributed by atoms with Crippen molar-refractivity contribution in [3.8, 4) is 0 Å². The fourth-order valence-corrected chi connectivity index (χ4v) is 4.64. The first-order valence-electron chi connectivity index (χ1n) is 11.2. The van der Waals surface area contributed by atoms with E-state index in [9.17, 15) is 19.5 Å². The van der Waals surface area contributed by atoms with Gasteiger partial charge < -0.3 is 26.2 Å². The van der Waals surface area contributed by atoms with E-state index in [2.05, 4.69) is 23.6 Å². The molecule has 0 radical (unpaired) electrons. The van der Waals surface area contributed by atoms with Crippen molar-refractivity contribution >= 4 is 17.8 Å². The van der Waals surface area contributed by atoms with Crippen molar-refractivity contribution in [2.45, 2.75) is 75.7 Å². The van der Waals surface area contributed by atoms with Gasteiger partial charge in [-0.3, -0.25) is 9.59 Å². The third kappa shape index (κ3) is 5.43. The monoisotopic (exact) mass is 431 g/mol. The summed E-state index contributed by atoms with van der Waals surface area (Å²) in [5.74, 6) is -1.85. The molecule has 8 nitrogen and oxygen atoms in total. The van der Waals surface area contributed by atoms with Crippen LogP contribution in [-0.2, 0) is 19.1 Å². The van der Waals surface area contributed by atoms with E-state index in [1.165, 1.54) is 31.8 Å². The van der Waals surface area contributed by atoms with Crippen molar-refractivity contribution in [3.63, 3.8) is 0 Å². The highest BCUT2D eigenvalue weighted by atomic mass is 16.6. The van der Waals surface area contributed by atoms with Crippen LogP contribution in [0.15, 0.2) is 36.0 Å². The zero-order valence-electron chi connectivity index (χ0n) is 18.0. The Balaban J connectivity index is 1.55. The maximum absolute atomic E-state index is 12.1. The van der Waals surface area contributed by atoms with Crippen molar-refractivity contribution < 1.29 is 24.2 Å². The van der Waals surface area contributed by atoms with Crippen LogP contribution in [-0.4, -0.2) is 53.2 Å². The lowest BCUT2D eigenvalue weighted by Gasteiger charge is -2.29. The summed E-state index contributed by atoms with van der Waals surface area (Å²) in [5.41, 5.74) is 5.75. The molecule has 2 aliphatic heterocycles. The molecule has 1 aliphatic carbocycles. The van der Waals surface area contributed by atoms with E-state index in [1.807, 2.05) is 12.2 Å². The maximum Gasteiger partial charge on any atom is 0.326 e. The van der Waals surface area contributed by atoms with E-state index in [4.69, 9.17) is 10.5 Å². The molecule has 4 unspecified atom stereocenters. The van der Waals surface area contributed by atoms with Gasteiger partial charge in [0.25, 0.3) is 0 Å². The number of unbranched alkanes of at least 4 members (excludes halogenated alkanes) is 3. The van der Waals surface area contributed by atoms with Crippen LogP contribution in [0.4, 0.5) is 0 Å². The molecule has 8 heteroatoms. The Morgan fingerprint density at radius 3 is 2.90 bits per heavy atom. The molecule has 0 aromatic carbocycles. The zero-order valence-corrected chi connectivity index (χ0v) is 18.0. The molecule has 2 saturated heterocycles. The highest BCUT2D eigenvalue weighted by Crippen LogP contribution is 2.56. The standard InChI is InChI=1S/C23H33N3O5/c1-2-3-4-5-7-15-14-25-18-12-10-16(23(18)21(15)31-23)8-6-9-20(28)26-17(22(29)30)11-13-19(24)27/h6,8-10,12,15,17-18,21,25H,2-5,7,11,13-14H2,1H3,(H2,24,27)(H,26,28)(H,29,30)/b9-6+,16-8+/t15?,17-,18?,21?,23?/m0/s1. The summed E-state index contributed by atoms with van der Waals surface area (Å²) in [6.07, 6.45) is 15.1. The van der Waals surface area contributed by atoms with Gasteiger partial charge in [-0.2, -0.15) is 0 Å². The van der Waals surface area contributed by atoms with Gasteiger partial charge in [-0.1, -0.05) is 56.9 Å². The largest absolute Gasteiger partial charge is 0.480 e. The molecule has 0 saturated carbocycles. The summed E-state index contributed by atoms with van der Waals surface area (Å²) >= 11 is 0. The lowest BCUT2D eigenvalue weighted by molar-refractivity contribution is -0.141. The number of aliphatic carboxylic acids is 1. The summed E-state index contributed by atoms with van der Waals surface area (Å²) in [6.45, 7) is 3.17. The molecule has 1 spiro atoms. The highest BCUT2D eigenvalue weighted by molar-refractivity contribution is 5.91. The van der Waals surface area contributed by atoms with E-state index in [1.54, 1.807) is 6.08 Å². The third-order valence-electron chi connectivity index (χ3n) is 6.34. The molecule has 0 aromatic rings. The van der Waals surface area contributed by atoms with E-state index in [-0.39, 0.29) is 30.6 Å². The molecule has 2 fully saturated rings. The summed E-state index contributed by atoms with van der Waals surface area (Å²) in [5, 5.41) is 15.2. The molecule has 2 heterocycles. The van der Waals surface area contributed by atoms with E-state index < -0.39 is 23.8 Å². The van der Waals surface area contributed by atoms with Gasteiger partial charge in [0.1, 0.15) is 11.6 Å². The normalized spacial score (nSPS) is 30.7. The number of hydrogen-bond donors (Lipinski definition) is 4. The van der Waals surface area contributed by atoms with E-state index >= 15 is 0 Å². The van der Waals surface area contributed by atoms with Gasteiger partial charge in [-0.25, -0.2) is 4.79 Å². The summed E-state index contributed by atoms with van der Waals surface area (Å²) in [4.78, 5) is 34.2. The Kier molecular flexibility index (Phi) is 7.67. The van der Waals surface area contributed by atoms with Crippen molar-refractivity contribution in [2.24, 2.45) is 11.7 Å². The Morgan fingerprint density at radius 2 is 2.19 bits per heavy atom. The number of ether oxygens (including phenoxy) is 1. The number of nitrogens with two attached hydrogens (primary N) is 1. The number of rotatable bonds is 12. The highest BCUT2D eigenvalue weighted by Gasteiger charge is 2.68. The van der Waals surface area contributed by atoms with Crippen LogP contribution in [0.25, 0.3) is 0 Å². The summed E-state index contributed by atoms with van der Waals surface area (Å²) < 4.78 is 6.23. The molecule has 0 bridgehead atoms. The van der Waals surface area contributed by atoms with Gasteiger partial charge in [0.2, 0.25) is 11.8 Å². The number of amides is 2. The average Bonchev–Trinajstić information content (AvgIpc) is 3.39. The van der Waals surface area contributed by atoms with Crippen LogP contribution in [0, 0.1) is 5.92 Å². The number of allylic oxidation sites excluding steroid dienone is 2. The van der Waals surface area contributed by atoms with E-state index in [0.29, 0.717) is 5.92 Å². The number of piperidine rings is 1. The third-order valence-corrected chi connectivity index (χ3v) is 6.34. The number of carboxylic acids is 1. The second kappa shape index (κ2) is 10.2. The Bertz CT molecular complexity index is 790. The number of epoxide rings is 1. The molecule has 3 aliphatic rings. The SMILES string of the molecule is CCCCCCC1CNC2C=C/C(=C\C=C\C(=O)N[C@@H](CCC(N)=O)C(=O)O)C23OC13. The summed E-state index contributed by atoms with van der Waals surface area (Å²) in [7, 11) is 0. The van der Waals surface area contributed by atoms with Gasteiger partial charge in [0.15, 0.2) is 0 Å². The molecule has 31 heavy (non-hydrogen) atoms. The van der Waals surface area contributed by atoms with Crippen LogP contribution in [0.2, 0.25) is 0 Å². The second-order valence-electron chi connectivity index (χ2n) is 8.57. The first-order valence-corrected chi connectivity index (χ1v) is 11.2. The summed E-state index contributed by atoms with van der Waals surface area (Å²) in [6, 6.07) is -0.998. The molecular weight excluding hydrogens is 398 g/mol. The molecule has 5 N–H and O–H groups in total. The predicted molar refractivity (Wildman–Crippen MR) is 116 cm³/mol. The lowest BCUT2D eigenvalue weighted by Crippen LogP contribution is -2.49. The van der Waals surface area contributed by atoms with Gasteiger partial charge in [0.05, 0.1) is 12.1 Å². The topological polar surface area (TPSA) is 134 Å². The minimum atomic E-state index is -1.20. The van der Waals surface area contributed by atoms with Crippen molar-refractivity contribution in [1.29, 1.82) is 0 Å². The fourth-order valence-electron chi connectivity index (χ4n) is 4.64. The van der Waals surface area contributed by atoms with Crippen molar-refractivity contribution in [2.75, 3.05) is 6.54 Å². The molecule has 3 rings (SSSR count). The smallest absolute Gasteiger partial charge is 0.326 e.